The van der Waals surface area contributed by atoms with Crippen molar-refractivity contribution < 1.29 is 4.79 Å². The molecule has 0 atom stereocenters. The highest BCUT2D eigenvalue weighted by atomic mass is 35.5. The lowest BCUT2D eigenvalue weighted by atomic mass is 10.3. The molecule has 0 saturated carbocycles. The molecule has 0 saturated heterocycles. The van der Waals surface area contributed by atoms with Crippen LogP contribution >= 0.6 is 11.6 Å². The van der Waals surface area contributed by atoms with Crippen LogP contribution in [0.25, 0.3) is 0 Å². The van der Waals surface area contributed by atoms with E-state index in [0.717, 1.165) is 17.7 Å². The Balaban J connectivity index is 3.40. The number of halogens is 1. The molecule has 0 aromatic rings. The van der Waals surface area contributed by atoms with E-state index in [1.807, 2.05) is 6.92 Å². The first kappa shape index (κ1) is 7.70. The molecule has 0 heterocycles. The van der Waals surface area contributed by atoms with Crippen LogP contribution in [0.3, 0.4) is 0 Å². The number of allylic oxidation sites excluding steroid dienone is 2. The molecular weight excluding hydrogens is 124 g/mol. The molecule has 0 aromatic carbocycles. The molecule has 0 spiro atoms. The van der Waals surface area contributed by atoms with Crippen molar-refractivity contribution in [1.29, 1.82) is 0 Å². The second-order valence-electron chi connectivity index (χ2n) is 1.41. The van der Waals surface area contributed by atoms with Gasteiger partial charge in [0.15, 0.2) is 0 Å². The van der Waals surface area contributed by atoms with Crippen molar-refractivity contribution in [2.75, 3.05) is 0 Å². The van der Waals surface area contributed by atoms with Crippen LogP contribution in [0.5, 0.6) is 0 Å². The van der Waals surface area contributed by atoms with Gasteiger partial charge in [0.2, 0.25) is 0 Å². The van der Waals surface area contributed by atoms with Gasteiger partial charge in [0.25, 0.3) is 0 Å². The first-order chi connectivity index (χ1) is 3.81. The van der Waals surface area contributed by atoms with Gasteiger partial charge in [-0.2, -0.15) is 0 Å². The van der Waals surface area contributed by atoms with Crippen LogP contribution in [0.1, 0.15) is 19.8 Å². The Morgan fingerprint density at radius 1 is 1.75 bits per heavy atom. The Morgan fingerprint density at radius 3 is 2.75 bits per heavy atom. The lowest BCUT2D eigenvalue weighted by Gasteiger charge is -1.85. The SMILES string of the molecule is CC/C(Cl)=C\CC=O. The summed E-state index contributed by atoms with van der Waals surface area (Å²) in [5.41, 5.74) is 0. The van der Waals surface area contributed by atoms with E-state index in [2.05, 4.69) is 0 Å². The quantitative estimate of drug-likeness (QED) is 0.538. The van der Waals surface area contributed by atoms with Crippen molar-refractivity contribution in [3.05, 3.63) is 11.1 Å². The summed E-state index contributed by atoms with van der Waals surface area (Å²) in [6.07, 6.45) is 3.80. The first-order valence-electron chi connectivity index (χ1n) is 2.59. The minimum Gasteiger partial charge on any atom is -0.303 e. The van der Waals surface area contributed by atoms with Gasteiger partial charge in [-0.25, -0.2) is 0 Å². The van der Waals surface area contributed by atoms with Crippen LogP contribution in [0.15, 0.2) is 11.1 Å². The largest absolute Gasteiger partial charge is 0.303 e. The standard InChI is InChI=1S/C6H9ClO/c1-2-6(7)4-3-5-8/h4-5H,2-3H2,1H3/b6-4+. The van der Waals surface area contributed by atoms with Crippen LogP contribution in [0.2, 0.25) is 0 Å². The van der Waals surface area contributed by atoms with Gasteiger partial charge in [0, 0.05) is 11.5 Å². The summed E-state index contributed by atoms with van der Waals surface area (Å²) in [5, 5.41) is 0.761. The lowest BCUT2D eigenvalue weighted by Crippen LogP contribution is -1.69. The van der Waals surface area contributed by atoms with Crippen molar-refractivity contribution >= 4 is 17.9 Å². The van der Waals surface area contributed by atoms with Gasteiger partial charge < -0.3 is 4.79 Å². The number of carbonyl (C=O) groups excluding carboxylic acids is 1. The van der Waals surface area contributed by atoms with Crippen molar-refractivity contribution in [3.63, 3.8) is 0 Å². The molecule has 0 rings (SSSR count). The monoisotopic (exact) mass is 132 g/mol. The third kappa shape index (κ3) is 3.88. The van der Waals surface area contributed by atoms with E-state index >= 15 is 0 Å². The molecule has 46 valence electrons. The van der Waals surface area contributed by atoms with Crippen molar-refractivity contribution in [2.24, 2.45) is 0 Å². The Morgan fingerprint density at radius 2 is 2.38 bits per heavy atom. The zero-order valence-electron chi connectivity index (χ0n) is 4.86. The summed E-state index contributed by atoms with van der Waals surface area (Å²) in [7, 11) is 0. The van der Waals surface area contributed by atoms with Gasteiger partial charge in [-0.05, 0) is 6.42 Å². The summed E-state index contributed by atoms with van der Waals surface area (Å²) >= 11 is 5.55. The van der Waals surface area contributed by atoms with E-state index < -0.39 is 0 Å². The fourth-order valence-electron chi connectivity index (χ4n) is 0.320. The maximum absolute atomic E-state index is 9.72. The Bertz CT molecular complexity index is 96.7. The van der Waals surface area contributed by atoms with E-state index in [1.54, 1.807) is 6.08 Å². The average Bonchev–Trinajstić information content (AvgIpc) is 1.83. The minimum atomic E-state index is 0.437. The molecule has 0 aliphatic heterocycles. The van der Waals surface area contributed by atoms with Crippen LogP contribution in [0, 0.1) is 0 Å². The first-order valence-corrected chi connectivity index (χ1v) is 2.97. The number of rotatable bonds is 3. The molecule has 0 N–H and O–H groups in total. The van der Waals surface area contributed by atoms with Crippen molar-refractivity contribution in [1.82, 2.24) is 0 Å². The molecular formula is C6H9ClO. The Kier molecular flexibility index (Phi) is 4.67. The van der Waals surface area contributed by atoms with Gasteiger partial charge >= 0.3 is 0 Å². The summed E-state index contributed by atoms with van der Waals surface area (Å²) in [5.74, 6) is 0. The lowest BCUT2D eigenvalue weighted by molar-refractivity contribution is -0.107. The highest BCUT2D eigenvalue weighted by Crippen LogP contribution is 2.05. The average molecular weight is 133 g/mol. The molecule has 0 aliphatic rings. The van der Waals surface area contributed by atoms with E-state index in [9.17, 15) is 4.79 Å². The highest BCUT2D eigenvalue weighted by Gasteiger charge is 1.82. The molecule has 8 heavy (non-hydrogen) atoms. The fraction of sp³-hybridized carbons (Fsp3) is 0.500. The van der Waals surface area contributed by atoms with Crippen LogP contribution in [0.4, 0.5) is 0 Å². The molecule has 2 heteroatoms. The van der Waals surface area contributed by atoms with Crippen molar-refractivity contribution in [2.45, 2.75) is 19.8 Å². The third-order valence-electron chi connectivity index (χ3n) is 0.773. The number of carbonyl (C=O) groups is 1. The fourth-order valence-corrected chi connectivity index (χ4v) is 0.409. The third-order valence-corrected chi connectivity index (χ3v) is 1.19. The van der Waals surface area contributed by atoms with Crippen LogP contribution in [-0.2, 0) is 4.79 Å². The second kappa shape index (κ2) is 4.85. The molecule has 0 fully saturated rings. The summed E-state index contributed by atoms with van der Waals surface area (Å²) in [6.45, 7) is 1.95. The second-order valence-corrected chi connectivity index (χ2v) is 1.89. The van der Waals surface area contributed by atoms with Gasteiger partial charge in [0.05, 0.1) is 0 Å². The zero-order chi connectivity index (χ0) is 6.41. The van der Waals surface area contributed by atoms with Gasteiger partial charge in [-0.3, -0.25) is 0 Å². The molecule has 0 aliphatic carbocycles. The van der Waals surface area contributed by atoms with Crippen molar-refractivity contribution in [3.8, 4) is 0 Å². The van der Waals surface area contributed by atoms with E-state index in [1.165, 1.54) is 0 Å². The van der Waals surface area contributed by atoms with Crippen LogP contribution in [-0.4, -0.2) is 6.29 Å². The smallest absolute Gasteiger partial charge is 0.123 e. The molecule has 0 radical (unpaired) electrons. The molecule has 0 amide bonds. The predicted octanol–water partition coefficient (Wildman–Crippen LogP) is 2.11. The maximum atomic E-state index is 9.72. The van der Waals surface area contributed by atoms with Crippen LogP contribution < -0.4 is 0 Å². The summed E-state index contributed by atoms with van der Waals surface area (Å²) in [4.78, 5) is 9.72. The predicted molar refractivity (Wildman–Crippen MR) is 34.9 cm³/mol. The Labute approximate surface area is 54.3 Å². The summed E-state index contributed by atoms with van der Waals surface area (Å²) < 4.78 is 0. The number of aldehydes is 1. The highest BCUT2D eigenvalue weighted by molar-refractivity contribution is 6.29. The Hall–Kier alpha value is -0.300. The normalized spacial score (nSPS) is 11.5. The number of hydrogen-bond acceptors (Lipinski definition) is 1. The summed E-state index contributed by atoms with van der Waals surface area (Å²) in [6, 6.07) is 0. The van der Waals surface area contributed by atoms with E-state index in [-0.39, 0.29) is 0 Å². The van der Waals surface area contributed by atoms with Gasteiger partial charge in [-0.1, -0.05) is 24.6 Å². The maximum Gasteiger partial charge on any atom is 0.123 e. The molecule has 0 aromatic heterocycles. The number of hydrogen-bond donors (Lipinski definition) is 0. The van der Waals surface area contributed by atoms with Gasteiger partial charge in [-0.15, -0.1) is 0 Å². The topological polar surface area (TPSA) is 17.1 Å². The molecule has 0 unspecified atom stereocenters. The zero-order valence-corrected chi connectivity index (χ0v) is 5.61. The molecule has 0 bridgehead atoms. The van der Waals surface area contributed by atoms with E-state index in [4.69, 9.17) is 11.6 Å². The van der Waals surface area contributed by atoms with Gasteiger partial charge in [0.1, 0.15) is 6.29 Å². The minimum absolute atomic E-state index is 0.437. The van der Waals surface area contributed by atoms with E-state index in [0.29, 0.717) is 6.42 Å². The molecule has 1 nitrogen and oxygen atoms in total.